The van der Waals surface area contributed by atoms with Crippen LogP contribution in [0.3, 0.4) is 0 Å². The van der Waals surface area contributed by atoms with E-state index >= 15 is 0 Å². The van der Waals surface area contributed by atoms with Gasteiger partial charge in [-0.05, 0) is 56.5 Å². The van der Waals surface area contributed by atoms with Gasteiger partial charge in [-0.15, -0.1) is 0 Å². The van der Waals surface area contributed by atoms with E-state index in [4.69, 9.17) is 0 Å². The van der Waals surface area contributed by atoms with Crippen molar-refractivity contribution >= 4 is 0 Å². The number of likely N-dealkylation sites (tertiary alicyclic amines) is 1. The lowest BCUT2D eigenvalue weighted by Crippen LogP contribution is -2.44. The summed E-state index contributed by atoms with van der Waals surface area (Å²) in [5.41, 5.74) is 0. The first-order chi connectivity index (χ1) is 8.42. The van der Waals surface area contributed by atoms with E-state index in [0.29, 0.717) is 0 Å². The third kappa shape index (κ3) is 3.45. The number of nitrogens with one attached hydrogen (secondary N) is 1. The van der Waals surface area contributed by atoms with Crippen LogP contribution in [-0.2, 0) is 0 Å². The molecule has 17 heavy (non-hydrogen) atoms. The summed E-state index contributed by atoms with van der Waals surface area (Å²) in [5.74, 6) is 3.15. The molecule has 2 heteroatoms. The van der Waals surface area contributed by atoms with Crippen molar-refractivity contribution in [1.29, 1.82) is 0 Å². The van der Waals surface area contributed by atoms with Crippen molar-refractivity contribution in [3.05, 3.63) is 0 Å². The number of rotatable bonds is 5. The molecular weight excluding hydrogens is 208 g/mol. The third-order valence-corrected chi connectivity index (χ3v) is 5.11. The normalized spacial score (nSPS) is 34.6. The van der Waals surface area contributed by atoms with Gasteiger partial charge in [-0.2, -0.15) is 0 Å². The molecule has 2 atom stereocenters. The van der Waals surface area contributed by atoms with Gasteiger partial charge in [-0.1, -0.05) is 19.3 Å². The number of hydrogen-bond acceptors (Lipinski definition) is 2. The summed E-state index contributed by atoms with van der Waals surface area (Å²) in [7, 11) is 0. The molecule has 0 spiro atoms. The Kier molecular flexibility index (Phi) is 4.02. The van der Waals surface area contributed by atoms with E-state index in [1.54, 1.807) is 0 Å². The zero-order chi connectivity index (χ0) is 11.5. The van der Waals surface area contributed by atoms with E-state index < -0.39 is 0 Å². The first kappa shape index (κ1) is 12.0. The molecule has 2 nitrogen and oxygen atoms in total. The Hall–Kier alpha value is -0.0800. The second-order valence-corrected chi connectivity index (χ2v) is 6.54. The van der Waals surface area contributed by atoms with Gasteiger partial charge in [0, 0.05) is 19.6 Å². The van der Waals surface area contributed by atoms with Crippen LogP contribution in [0.5, 0.6) is 0 Å². The van der Waals surface area contributed by atoms with Gasteiger partial charge in [-0.25, -0.2) is 0 Å². The van der Waals surface area contributed by atoms with Crippen molar-refractivity contribution in [3.8, 4) is 0 Å². The van der Waals surface area contributed by atoms with E-state index in [2.05, 4.69) is 10.2 Å². The molecule has 0 aromatic rings. The standard InChI is InChI=1S/C15H28N2/c1-2-4-15-12-17(9-7-14(15)3-1)10-8-16-11-13-5-6-13/h13-16H,1-12H2. The molecular formula is C15H28N2. The van der Waals surface area contributed by atoms with Crippen LogP contribution >= 0.6 is 0 Å². The predicted octanol–water partition coefficient (Wildman–Crippen LogP) is 2.50. The topological polar surface area (TPSA) is 15.3 Å². The van der Waals surface area contributed by atoms with Crippen molar-refractivity contribution in [2.45, 2.75) is 44.9 Å². The summed E-state index contributed by atoms with van der Waals surface area (Å²) in [6, 6.07) is 0. The van der Waals surface area contributed by atoms with Crippen LogP contribution in [0.1, 0.15) is 44.9 Å². The second kappa shape index (κ2) is 5.71. The van der Waals surface area contributed by atoms with E-state index in [-0.39, 0.29) is 0 Å². The maximum absolute atomic E-state index is 3.62. The molecule has 1 aliphatic heterocycles. The van der Waals surface area contributed by atoms with Gasteiger partial charge < -0.3 is 10.2 Å². The highest BCUT2D eigenvalue weighted by Crippen LogP contribution is 2.35. The monoisotopic (exact) mass is 236 g/mol. The summed E-state index contributed by atoms with van der Waals surface area (Å²) >= 11 is 0. The van der Waals surface area contributed by atoms with Crippen molar-refractivity contribution in [2.24, 2.45) is 17.8 Å². The number of fused-ring (bicyclic) bond motifs is 1. The van der Waals surface area contributed by atoms with Crippen LogP contribution in [0.2, 0.25) is 0 Å². The first-order valence-electron chi connectivity index (χ1n) is 7.85. The molecule has 0 aromatic heterocycles. The summed E-state index contributed by atoms with van der Waals surface area (Å²) < 4.78 is 0. The van der Waals surface area contributed by atoms with Gasteiger partial charge in [-0.3, -0.25) is 0 Å². The van der Waals surface area contributed by atoms with E-state index in [0.717, 1.165) is 17.8 Å². The van der Waals surface area contributed by atoms with Crippen LogP contribution in [0.25, 0.3) is 0 Å². The number of hydrogen-bond donors (Lipinski definition) is 1. The van der Waals surface area contributed by atoms with E-state index in [1.807, 2.05) is 0 Å². The van der Waals surface area contributed by atoms with Gasteiger partial charge in [0.25, 0.3) is 0 Å². The Bertz CT molecular complexity index is 237. The molecule has 1 heterocycles. The first-order valence-corrected chi connectivity index (χ1v) is 7.85. The lowest BCUT2D eigenvalue weighted by atomic mass is 9.75. The van der Waals surface area contributed by atoms with E-state index in [1.165, 1.54) is 77.7 Å². The minimum absolute atomic E-state index is 1.03. The average molecular weight is 236 g/mol. The second-order valence-electron chi connectivity index (χ2n) is 6.54. The summed E-state index contributed by atoms with van der Waals surface area (Å²) in [4.78, 5) is 2.71. The maximum Gasteiger partial charge on any atom is 0.0107 e. The quantitative estimate of drug-likeness (QED) is 0.738. The molecule has 0 bridgehead atoms. The summed E-state index contributed by atoms with van der Waals surface area (Å²) in [6.45, 7) is 6.55. The minimum atomic E-state index is 1.03. The van der Waals surface area contributed by atoms with Crippen molar-refractivity contribution < 1.29 is 0 Å². The van der Waals surface area contributed by atoms with Crippen LogP contribution in [0.4, 0.5) is 0 Å². The molecule has 2 unspecified atom stereocenters. The third-order valence-electron chi connectivity index (χ3n) is 5.11. The molecule has 0 radical (unpaired) electrons. The Labute approximate surface area is 106 Å². The minimum Gasteiger partial charge on any atom is -0.315 e. The van der Waals surface area contributed by atoms with Gasteiger partial charge in [0.2, 0.25) is 0 Å². The largest absolute Gasteiger partial charge is 0.315 e. The highest BCUT2D eigenvalue weighted by Gasteiger charge is 2.30. The summed E-state index contributed by atoms with van der Waals surface area (Å²) in [5, 5.41) is 3.62. The molecule has 3 rings (SSSR count). The molecule has 1 N–H and O–H groups in total. The smallest absolute Gasteiger partial charge is 0.0107 e. The molecule has 2 saturated carbocycles. The maximum atomic E-state index is 3.62. The van der Waals surface area contributed by atoms with Crippen LogP contribution in [0, 0.1) is 17.8 Å². The van der Waals surface area contributed by atoms with Gasteiger partial charge in [0.05, 0.1) is 0 Å². The molecule has 1 saturated heterocycles. The number of nitrogens with zero attached hydrogens (tertiary/aromatic N) is 1. The predicted molar refractivity (Wildman–Crippen MR) is 72.1 cm³/mol. The summed E-state index contributed by atoms with van der Waals surface area (Å²) in [6.07, 6.45) is 10.5. The molecule has 3 aliphatic rings. The Morgan fingerprint density at radius 2 is 1.76 bits per heavy atom. The molecule has 0 amide bonds. The molecule has 2 aliphatic carbocycles. The molecule has 3 fully saturated rings. The Morgan fingerprint density at radius 1 is 0.941 bits per heavy atom. The van der Waals surface area contributed by atoms with Crippen molar-refractivity contribution in [2.75, 3.05) is 32.7 Å². The highest BCUT2D eigenvalue weighted by molar-refractivity contribution is 4.83. The average Bonchev–Trinajstić information content (AvgIpc) is 3.18. The van der Waals surface area contributed by atoms with Gasteiger partial charge in [0.15, 0.2) is 0 Å². The Balaban J connectivity index is 1.33. The Morgan fingerprint density at radius 3 is 2.59 bits per heavy atom. The van der Waals surface area contributed by atoms with Crippen molar-refractivity contribution in [1.82, 2.24) is 10.2 Å². The lowest BCUT2D eigenvalue weighted by Gasteiger charge is -2.41. The van der Waals surface area contributed by atoms with Gasteiger partial charge >= 0.3 is 0 Å². The van der Waals surface area contributed by atoms with Crippen LogP contribution in [0.15, 0.2) is 0 Å². The lowest BCUT2D eigenvalue weighted by molar-refractivity contribution is 0.0875. The van der Waals surface area contributed by atoms with Crippen LogP contribution < -0.4 is 5.32 Å². The van der Waals surface area contributed by atoms with Crippen molar-refractivity contribution in [3.63, 3.8) is 0 Å². The SMILES string of the molecule is C1CCC2CN(CCNCC3CC3)CCC2C1. The highest BCUT2D eigenvalue weighted by atomic mass is 15.1. The zero-order valence-electron chi connectivity index (χ0n) is 11.2. The van der Waals surface area contributed by atoms with Gasteiger partial charge in [0.1, 0.15) is 0 Å². The molecule has 98 valence electrons. The fraction of sp³-hybridized carbons (Fsp3) is 1.00. The fourth-order valence-electron chi connectivity index (χ4n) is 3.74. The van der Waals surface area contributed by atoms with E-state index in [9.17, 15) is 0 Å². The molecule has 0 aromatic carbocycles. The zero-order valence-corrected chi connectivity index (χ0v) is 11.2. The number of piperidine rings is 1. The fourth-order valence-corrected chi connectivity index (χ4v) is 3.74. The van der Waals surface area contributed by atoms with Crippen LogP contribution in [-0.4, -0.2) is 37.6 Å².